The molecule has 2 atom stereocenters. The molecule has 238 valence electrons. The second kappa shape index (κ2) is 16.8. The van der Waals surface area contributed by atoms with E-state index in [1.54, 1.807) is 43.0 Å². The number of hydrogen-bond donors (Lipinski definition) is 2. The molecule has 2 aliphatic heterocycles. The SMILES string of the molecule is CCOCC(=O)N1CCC(C(=O)N2CCCNC(=O)[C@H](C)N(C)C(=O)[C@H](Cc3ccc(OC)cc3)NC(=O)CCC2)CC1. The Balaban J connectivity index is 1.68. The van der Waals surface area contributed by atoms with Crippen molar-refractivity contribution in [3.63, 3.8) is 0 Å². The van der Waals surface area contributed by atoms with Crippen molar-refractivity contribution in [2.45, 2.75) is 64.5 Å². The van der Waals surface area contributed by atoms with Gasteiger partial charge in [0.25, 0.3) is 0 Å². The largest absolute Gasteiger partial charge is 0.497 e. The summed E-state index contributed by atoms with van der Waals surface area (Å²) in [6.07, 6.45) is 2.53. The second-order valence-corrected chi connectivity index (χ2v) is 11.2. The van der Waals surface area contributed by atoms with Gasteiger partial charge in [0.15, 0.2) is 0 Å². The van der Waals surface area contributed by atoms with Crippen LogP contribution in [0.15, 0.2) is 24.3 Å². The molecule has 0 aromatic heterocycles. The molecule has 2 N–H and O–H groups in total. The normalized spacial score (nSPS) is 21.9. The number of nitrogens with one attached hydrogen (secondary N) is 2. The maximum Gasteiger partial charge on any atom is 0.248 e. The van der Waals surface area contributed by atoms with Crippen LogP contribution in [0.4, 0.5) is 0 Å². The Morgan fingerprint density at radius 2 is 1.65 bits per heavy atom. The van der Waals surface area contributed by atoms with Gasteiger partial charge >= 0.3 is 0 Å². The Labute approximate surface area is 254 Å². The highest BCUT2D eigenvalue weighted by atomic mass is 16.5. The minimum Gasteiger partial charge on any atom is -0.497 e. The van der Waals surface area contributed by atoms with Crippen LogP contribution in [0.3, 0.4) is 0 Å². The summed E-state index contributed by atoms with van der Waals surface area (Å²) >= 11 is 0. The van der Waals surface area contributed by atoms with Gasteiger partial charge in [0.1, 0.15) is 24.4 Å². The standard InChI is InChI=1S/C31H47N5O7/c1-5-43-21-28(38)35-18-13-24(14-19-35)30(40)36-16-6-8-27(37)33-26(20-23-9-11-25(42-4)12-10-23)31(41)34(3)22(2)29(39)32-15-7-17-36/h9-12,22,24,26H,5-8,13-21H2,1-4H3,(H,32,39)(H,33,37)/t22-,26-/m0/s1. The van der Waals surface area contributed by atoms with Gasteiger partial charge in [-0.05, 0) is 57.2 Å². The van der Waals surface area contributed by atoms with Crippen molar-refractivity contribution in [1.29, 1.82) is 0 Å². The van der Waals surface area contributed by atoms with Crippen LogP contribution in [0.2, 0.25) is 0 Å². The molecule has 0 aliphatic carbocycles. The fourth-order valence-corrected chi connectivity index (χ4v) is 5.38. The lowest BCUT2D eigenvalue weighted by atomic mass is 9.95. The topological polar surface area (TPSA) is 138 Å². The average Bonchev–Trinajstić information content (AvgIpc) is 3.03. The van der Waals surface area contributed by atoms with Gasteiger partial charge in [-0.25, -0.2) is 0 Å². The highest BCUT2D eigenvalue weighted by Gasteiger charge is 2.32. The van der Waals surface area contributed by atoms with E-state index < -0.39 is 12.1 Å². The predicted molar refractivity (Wildman–Crippen MR) is 160 cm³/mol. The number of ether oxygens (including phenoxy) is 2. The number of carbonyl (C=O) groups is 5. The molecule has 43 heavy (non-hydrogen) atoms. The minimum absolute atomic E-state index is 0.00798. The van der Waals surface area contributed by atoms with Crippen LogP contribution in [0.25, 0.3) is 0 Å². The Morgan fingerprint density at radius 3 is 2.30 bits per heavy atom. The molecule has 3 rings (SSSR count). The van der Waals surface area contributed by atoms with Crippen molar-refractivity contribution in [3.05, 3.63) is 29.8 Å². The lowest BCUT2D eigenvalue weighted by Crippen LogP contribution is -2.54. The summed E-state index contributed by atoms with van der Waals surface area (Å²) in [5.41, 5.74) is 0.838. The van der Waals surface area contributed by atoms with Crippen LogP contribution in [0.5, 0.6) is 5.75 Å². The zero-order chi connectivity index (χ0) is 31.4. The van der Waals surface area contributed by atoms with Crippen molar-refractivity contribution < 1.29 is 33.4 Å². The van der Waals surface area contributed by atoms with E-state index in [1.807, 2.05) is 19.1 Å². The number of likely N-dealkylation sites (tertiary alicyclic amines) is 1. The van der Waals surface area contributed by atoms with Gasteiger partial charge in [-0.3, -0.25) is 24.0 Å². The third kappa shape index (κ3) is 9.94. The first-order chi connectivity index (χ1) is 20.6. The predicted octanol–water partition coefficient (Wildman–Crippen LogP) is 0.973. The van der Waals surface area contributed by atoms with E-state index in [9.17, 15) is 24.0 Å². The van der Waals surface area contributed by atoms with Crippen molar-refractivity contribution in [3.8, 4) is 5.75 Å². The highest BCUT2D eigenvalue weighted by molar-refractivity contribution is 5.92. The Bertz CT molecular complexity index is 1100. The third-order valence-corrected chi connectivity index (χ3v) is 8.21. The molecule has 5 amide bonds. The van der Waals surface area contributed by atoms with Crippen LogP contribution in [-0.2, 0) is 35.1 Å². The molecule has 0 spiro atoms. The maximum atomic E-state index is 13.5. The van der Waals surface area contributed by atoms with E-state index >= 15 is 0 Å². The van der Waals surface area contributed by atoms with E-state index in [0.717, 1.165) is 5.56 Å². The summed E-state index contributed by atoms with van der Waals surface area (Å²) in [6.45, 7) is 6.21. The second-order valence-electron chi connectivity index (χ2n) is 11.2. The van der Waals surface area contributed by atoms with Gasteiger partial charge < -0.3 is 34.8 Å². The molecule has 1 aromatic rings. The molecule has 2 aliphatic rings. The fourth-order valence-electron chi connectivity index (χ4n) is 5.38. The number of carbonyl (C=O) groups excluding carboxylic acids is 5. The van der Waals surface area contributed by atoms with Crippen molar-refractivity contribution in [2.75, 3.05) is 60.1 Å². The average molecular weight is 602 g/mol. The molecule has 2 saturated heterocycles. The number of benzene rings is 1. The quantitative estimate of drug-likeness (QED) is 0.475. The molecule has 12 nitrogen and oxygen atoms in total. The van der Waals surface area contributed by atoms with Crippen molar-refractivity contribution in [2.24, 2.45) is 5.92 Å². The number of likely N-dealkylation sites (N-methyl/N-ethyl adjacent to an activating group) is 1. The monoisotopic (exact) mass is 601 g/mol. The smallest absolute Gasteiger partial charge is 0.248 e. The van der Waals surface area contributed by atoms with E-state index in [-0.39, 0.29) is 54.9 Å². The third-order valence-electron chi connectivity index (χ3n) is 8.21. The highest BCUT2D eigenvalue weighted by Crippen LogP contribution is 2.21. The van der Waals surface area contributed by atoms with Crippen LogP contribution in [-0.4, -0.2) is 116 Å². The number of nitrogens with zero attached hydrogens (tertiary/aromatic N) is 3. The lowest BCUT2D eigenvalue weighted by Gasteiger charge is -2.34. The first kappa shape index (κ1) is 33.8. The number of methoxy groups -OCH3 is 1. The Hall–Kier alpha value is -3.67. The summed E-state index contributed by atoms with van der Waals surface area (Å²) in [7, 11) is 3.14. The van der Waals surface area contributed by atoms with Gasteiger partial charge in [0, 0.05) is 65.1 Å². The molecule has 2 fully saturated rings. The van der Waals surface area contributed by atoms with Gasteiger partial charge in [0.2, 0.25) is 29.5 Å². The molecule has 0 radical (unpaired) electrons. The molecule has 0 saturated carbocycles. The zero-order valence-electron chi connectivity index (χ0n) is 25.9. The summed E-state index contributed by atoms with van der Waals surface area (Å²) in [4.78, 5) is 70.1. The number of rotatable bonds is 7. The molecule has 1 aromatic carbocycles. The zero-order valence-corrected chi connectivity index (χ0v) is 25.9. The Morgan fingerprint density at radius 1 is 0.977 bits per heavy atom. The van der Waals surface area contributed by atoms with Crippen LogP contribution in [0, 0.1) is 5.92 Å². The first-order valence-electron chi connectivity index (χ1n) is 15.3. The lowest BCUT2D eigenvalue weighted by molar-refractivity contribution is -0.143. The van der Waals surface area contributed by atoms with Crippen LogP contribution in [0.1, 0.15) is 51.5 Å². The molecule has 0 bridgehead atoms. The maximum absolute atomic E-state index is 13.5. The van der Waals surface area contributed by atoms with E-state index in [1.165, 1.54) is 4.90 Å². The first-order valence-corrected chi connectivity index (χ1v) is 15.3. The van der Waals surface area contributed by atoms with Crippen molar-refractivity contribution in [1.82, 2.24) is 25.3 Å². The number of amides is 5. The number of piperidine rings is 1. The molecular formula is C31H47N5O7. The molecule has 0 unspecified atom stereocenters. The molecule has 2 heterocycles. The summed E-state index contributed by atoms with van der Waals surface area (Å²) in [5.74, 6) is -0.529. The van der Waals surface area contributed by atoms with Gasteiger partial charge in [-0.1, -0.05) is 12.1 Å². The fraction of sp³-hybridized carbons (Fsp3) is 0.645. The van der Waals surface area contributed by atoms with Gasteiger partial charge in [0.05, 0.1) is 7.11 Å². The minimum atomic E-state index is -0.861. The van der Waals surface area contributed by atoms with Crippen molar-refractivity contribution >= 4 is 29.5 Å². The molecular weight excluding hydrogens is 554 g/mol. The summed E-state index contributed by atoms with van der Waals surface area (Å²) < 4.78 is 10.5. The summed E-state index contributed by atoms with van der Waals surface area (Å²) in [6, 6.07) is 5.66. The van der Waals surface area contributed by atoms with Crippen LogP contribution >= 0.6 is 0 Å². The van der Waals surface area contributed by atoms with Gasteiger partial charge in [-0.15, -0.1) is 0 Å². The van der Waals surface area contributed by atoms with Crippen LogP contribution < -0.4 is 15.4 Å². The van der Waals surface area contributed by atoms with E-state index in [2.05, 4.69) is 10.6 Å². The van der Waals surface area contributed by atoms with E-state index in [0.29, 0.717) is 70.8 Å². The molecule has 12 heteroatoms. The number of hydrogen-bond acceptors (Lipinski definition) is 7. The van der Waals surface area contributed by atoms with E-state index in [4.69, 9.17) is 9.47 Å². The summed E-state index contributed by atoms with van der Waals surface area (Å²) in [5, 5.41) is 5.76. The Kier molecular flexibility index (Phi) is 13.2. The van der Waals surface area contributed by atoms with Gasteiger partial charge in [-0.2, -0.15) is 0 Å².